The van der Waals surface area contributed by atoms with Gasteiger partial charge in [0.2, 0.25) is 5.91 Å². The SMILES string of the molecule is Cc1ccc(C)c(NC(=O)CCS(=O)(=O)c2ccc3c(c2)OCCO3)c1. The van der Waals surface area contributed by atoms with Gasteiger partial charge in [0, 0.05) is 18.2 Å². The lowest BCUT2D eigenvalue weighted by Crippen LogP contribution is -2.19. The van der Waals surface area contributed by atoms with Gasteiger partial charge < -0.3 is 14.8 Å². The van der Waals surface area contributed by atoms with Gasteiger partial charge in [-0.25, -0.2) is 8.42 Å². The first-order chi connectivity index (χ1) is 12.3. The van der Waals surface area contributed by atoms with Crippen LogP contribution >= 0.6 is 0 Å². The highest BCUT2D eigenvalue weighted by molar-refractivity contribution is 7.91. The van der Waals surface area contributed by atoms with Crippen LogP contribution in [0.5, 0.6) is 11.5 Å². The molecule has 1 heterocycles. The zero-order chi connectivity index (χ0) is 18.7. The maximum atomic E-state index is 12.5. The molecule has 7 heteroatoms. The molecule has 0 aromatic heterocycles. The first-order valence-electron chi connectivity index (χ1n) is 8.35. The molecule has 0 radical (unpaired) electrons. The highest BCUT2D eigenvalue weighted by Gasteiger charge is 2.20. The number of anilines is 1. The second kappa shape index (κ2) is 7.37. The van der Waals surface area contributed by atoms with Crippen LogP contribution in [-0.2, 0) is 14.6 Å². The molecule has 0 aliphatic carbocycles. The first kappa shape index (κ1) is 18.3. The highest BCUT2D eigenvalue weighted by atomic mass is 32.2. The predicted octanol–water partition coefficient (Wildman–Crippen LogP) is 2.88. The summed E-state index contributed by atoms with van der Waals surface area (Å²) in [6.45, 7) is 4.65. The fraction of sp³-hybridized carbons (Fsp3) is 0.316. The number of benzene rings is 2. The number of aryl methyl sites for hydroxylation is 2. The quantitative estimate of drug-likeness (QED) is 0.869. The maximum absolute atomic E-state index is 12.5. The number of ether oxygens (including phenoxy) is 2. The molecule has 0 bridgehead atoms. The summed E-state index contributed by atoms with van der Waals surface area (Å²) in [6.07, 6.45) is -0.121. The van der Waals surface area contributed by atoms with E-state index in [4.69, 9.17) is 9.47 Å². The fourth-order valence-corrected chi connectivity index (χ4v) is 3.90. The van der Waals surface area contributed by atoms with Gasteiger partial charge in [-0.1, -0.05) is 12.1 Å². The third-order valence-electron chi connectivity index (χ3n) is 4.14. The Kier molecular flexibility index (Phi) is 5.18. The summed E-state index contributed by atoms with van der Waals surface area (Å²) in [7, 11) is -3.60. The van der Waals surface area contributed by atoms with E-state index in [2.05, 4.69) is 5.32 Å². The average molecular weight is 375 g/mol. The van der Waals surface area contributed by atoms with Gasteiger partial charge in [0.1, 0.15) is 13.2 Å². The van der Waals surface area contributed by atoms with Crippen molar-refractivity contribution in [2.24, 2.45) is 0 Å². The monoisotopic (exact) mass is 375 g/mol. The summed E-state index contributed by atoms with van der Waals surface area (Å²) in [6, 6.07) is 10.2. The third-order valence-corrected chi connectivity index (χ3v) is 5.85. The van der Waals surface area contributed by atoms with Crippen molar-refractivity contribution in [3.63, 3.8) is 0 Å². The lowest BCUT2D eigenvalue weighted by Gasteiger charge is -2.18. The number of hydrogen-bond acceptors (Lipinski definition) is 5. The molecule has 2 aromatic rings. The molecule has 1 aliphatic heterocycles. The Morgan fingerprint density at radius 3 is 2.54 bits per heavy atom. The van der Waals surface area contributed by atoms with Crippen molar-refractivity contribution in [1.82, 2.24) is 0 Å². The molecule has 6 nitrogen and oxygen atoms in total. The van der Waals surface area contributed by atoms with E-state index in [0.717, 1.165) is 11.1 Å². The first-order valence-corrected chi connectivity index (χ1v) is 10.00. The molecule has 26 heavy (non-hydrogen) atoms. The second-order valence-corrected chi connectivity index (χ2v) is 8.35. The normalized spacial score (nSPS) is 13.3. The number of carbonyl (C=O) groups excluding carboxylic acids is 1. The van der Waals surface area contributed by atoms with E-state index in [1.807, 2.05) is 32.0 Å². The summed E-state index contributed by atoms with van der Waals surface area (Å²) in [5.74, 6) is 0.337. The molecule has 0 atom stereocenters. The van der Waals surface area contributed by atoms with E-state index in [9.17, 15) is 13.2 Å². The van der Waals surface area contributed by atoms with E-state index < -0.39 is 9.84 Å². The molecule has 138 valence electrons. The molecule has 0 saturated carbocycles. The number of carbonyl (C=O) groups is 1. The second-order valence-electron chi connectivity index (χ2n) is 6.24. The number of amides is 1. The Bertz CT molecular complexity index is 937. The van der Waals surface area contributed by atoms with Gasteiger partial charge in [-0.05, 0) is 43.2 Å². The number of rotatable bonds is 5. The number of fused-ring (bicyclic) bond motifs is 1. The molecule has 0 spiro atoms. The van der Waals surface area contributed by atoms with E-state index in [-0.39, 0.29) is 23.0 Å². The van der Waals surface area contributed by atoms with E-state index >= 15 is 0 Å². The van der Waals surface area contributed by atoms with Crippen molar-refractivity contribution < 1.29 is 22.7 Å². The van der Waals surface area contributed by atoms with Crippen LogP contribution in [0.15, 0.2) is 41.3 Å². The predicted molar refractivity (Wildman–Crippen MR) is 98.6 cm³/mol. The molecule has 0 saturated heterocycles. The topological polar surface area (TPSA) is 81.7 Å². The van der Waals surface area contributed by atoms with Gasteiger partial charge in [0.25, 0.3) is 0 Å². The smallest absolute Gasteiger partial charge is 0.225 e. The summed E-state index contributed by atoms with van der Waals surface area (Å²) < 4.78 is 35.9. The van der Waals surface area contributed by atoms with Crippen LogP contribution < -0.4 is 14.8 Å². The van der Waals surface area contributed by atoms with Crippen molar-refractivity contribution in [2.75, 3.05) is 24.3 Å². The molecule has 1 amide bonds. The molecular formula is C19H21NO5S. The summed E-state index contributed by atoms with van der Waals surface area (Å²) in [5, 5.41) is 2.78. The molecule has 3 rings (SSSR count). The molecule has 0 fully saturated rings. The van der Waals surface area contributed by atoms with Crippen molar-refractivity contribution in [3.05, 3.63) is 47.5 Å². The Balaban J connectivity index is 1.66. The molecule has 1 N–H and O–H groups in total. The average Bonchev–Trinajstić information content (AvgIpc) is 2.63. The molecule has 1 aliphatic rings. The number of hydrogen-bond donors (Lipinski definition) is 1. The Labute approximate surface area is 153 Å². The summed E-state index contributed by atoms with van der Waals surface area (Å²) >= 11 is 0. The van der Waals surface area contributed by atoms with Crippen LogP contribution in [-0.4, -0.2) is 33.3 Å². The van der Waals surface area contributed by atoms with Crippen LogP contribution in [0.4, 0.5) is 5.69 Å². The Morgan fingerprint density at radius 1 is 1.04 bits per heavy atom. The largest absolute Gasteiger partial charge is 0.486 e. The summed E-state index contributed by atoms with van der Waals surface area (Å²) in [4.78, 5) is 12.3. The molecule has 2 aromatic carbocycles. The third kappa shape index (κ3) is 4.16. The van der Waals surface area contributed by atoms with E-state index in [0.29, 0.717) is 30.4 Å². The van der Waals surface area contributed by atoms with Crippen molar-refractivity contribution in [2.45, 2.75) is 25.2 Å². The lowest BCUT2D eigenvalue weighted by molar-refractivity contribution is -0.115. The highest BCUT2D eigenvalue weighted by Crippen LogP contribution is 2.32. The van der Waals surface area contributed by atoms with Crippen molar-refractivity contribution >= 4 is 21.4 Å². The minimum absolute atomic E-state index is 0.121. The molecular weight excluding hydrogens is 354 g/mol. The minimum atomic E-state index is -3.60. The summed E-state index contributed by atoms with van der Waals surface area (Å²) in [5.41, 5.74) is 2.65. The standard InChI is InChI=1S/C19H21NO5S/c1-13-3-4-14(2)16(11-13)20-19(21)7-10-26(22,23)15-5-6-17-18(12-15)25-9-8-24-17/h3-6,11-12H,7-10H2,1-2H3,(H,20,21). The van der Waals surface area contributed by atoms with Crippen LogP contribution in [0.25, 0.3) is 0 Å². The number of nitrogens with one attached hydrogen (secondary N) is 1. The number of sulfone groups is 1. The van der Waals surface area contributed by atoms with E-state index in [1.165, 1.54) is 12.1 Å². The van der Waals surface area contributed by atoms with Gasteiger partial charge >= 0.3 is 0 Å². The van der Waals surface area contributed by atoms with Gasteiger partial charge in [-0.15, -0.1) is 0 Å². The van der Waals surface area contributed by atoms with Gasteiger partial charge in [0.05, 0.1) is 10.6 Å². The van der Waals surface area contributed by atoms with E-state index in [1.54, 1.807) is 6.07 Å². The van der Waals surface area contributed by atoms with Gasteiger partial charge in [-0.2, -0.15) is 0 Å². The van der Waals surface area contributed by atoms with Gasteiger partial charge in [-0.3, -0.25) is 4.79 Å². The minimum Gasteiger partial charge on any atom is -0.486 e. The Hall–Kier alpha value is -2.54. The van der Waals surface area contributed by atoms with Crippen LogP contribution in [0.2, 0.25) is 0 Å². The van der Waals surface area contributed by atoms with Crippen LogP contribution in [0.3, 0.4) is 0 Å². The fourth-order valence-electron chi connectivity index (χ4n) is 2.65. The molecule has 0 unspecified atom stereocenters. The van der Waals surface area contributed by atoms with Crippen LogP contribution in [0.1, 0.15) is 17.5 Å². The zero-order valence-corrected chi connectivity index (χ0v) is 15.6. The van der Waals surface area contributed by atoms with Gasteiger partial charge in [0.15, 0.2) is 21.3 Å². The maximum Gasteiger partial charge on any atom is 0.225 e. The van der Waals surface area contributed by atoms with Crippen molar-refractivity contribution in [1.29, 1.82) is 0 Å². The Morgan fingerprint density at radius 2 is 1.77 bits per heavy atom. The van der Waals surface area contributed by atoms with Crippen LogP contribution in [0, 0.1) is 13.8 Å². The lowest BCUT2D eigenvalue weighted by atomic mass is 10.1. The van der Waals surface area contributed by atoms with Crippen molar-refractivity contribution in [3.8, 4) is 11.5 Å². The zero-order valence-electron chi connectivity index (χ0n) is 14.7.